The average Bonchev–Trinajstić information content (AvgIpc) is 3.05. The van der Waals surface area contributed by atoms with Gasteiger partial charge in [-0.05, 0) is 18.6 Å². The van der Waals surface area contributed by atoms with E-state index >= 15 is 0 Å². The summed E-state index contributed by atoms with van der Waals surface area (Å²) in [5, 5.41) is 3.34. The van der Waals surface area contributed by atoms with Crippen molar-refractivity contribution in [3.8, 4) is 0 Å². The average molecular weight is 408 g/mol. The Morgan fingerprint density at radius 3 is 2.70 bits per heavy atom. The second-order valence-electron chi connectivity index (χ2n) is 7.20. The van der Waals surface area contributed by atoms with Crippen LogP contribution in [0.15, 0.2) is 28.2 Å². The van der Waals surface area contributed by atoms with Gasteiger partial charge in [-0.2, -0.15) is 0 Å². The molecule has 0 atom stereocenters. The van der Waals surface area contributed by atoms with Crippen LogP contribution in [0, 0.1) is 5.41 Å². The van der Waals surface area contributed by atoms with Gasteiger partial charge in [0.2, 0.25) is 5.91 Å². The third-order valence-corrected chi connectivity index (χ3v) is 5.66. The van der Waals surface area contributed by atoms with E-state index in [9.17, 15) is 14.4 Å². The predicted molar refractivity (Wildman–Crippen MR) is 110 cm³/mol. The first-order chi connectivity index (χ1) is 12.7. The molecule has 2 rings (SSSR count). The zero-order valence-electron chi connectivity index (χ0n) is 16.0. The molecule has 0 aliphatic heterocycles. The number of hydrogen-bond acceptors (Lipinski definition) is 6. The molecule has 27 heavy (non-hydrogen) atoms. The molecule has 0 aromatic carbocycles. The van der Waals surface area contributed by atoms with Crippen LogP contribution in [0.1, 0.15) is 54.4 Å². The van der Waals surface area contributed by atoms with E-state index in [1.54, 1.807) is 6.07 Å². The highest BCUT2D eigenvalue weighted by molar-refractivity contribution is 7.99. The maximum Gasteiger partial charge on any atom is 0.251 e. The van der Waals surface area contributed by atoms with Crippen LogP contribution in [-0.4, -0.2) is 27.4 Å². The molecule has 1 amide bonds. The number of H-pyrrole nitrogens is 1. The van der Waals surface area contributed by atoms with Crippen molar-refractivity contribution < 1.29 is 9.59 Å². The molecule has 146 valence electrons. The Hall–Kier alpha value is -1.93. The zero-order valence-corrected chi connectivity index (χ0v) is 17.7. The van der Waals surface area contributed by atoms with Gasteiger partial charge in [-0.25, -0.2) is 4.98 Å². The van der Waals surface area contributed by atoms with E-state index in [0.29, 0.717) is 16.6 Å². The van der Waals surface area contributed by atoms with E-state index in [1.165, 1.54) is 29.2 Å². The van der Waals surface area contributed by atoms with Crippen LogP contribution in [-0.2, 0) is 17.8 Å². The summed E-state index contributed by atoms with van der Waals surface area (Å²) in [6, 6.07) is 5.12. The lowest BCUT2D eigenvalue weighted by molar-refractivity contribution is -0.128. The number of nitrogens with zero attached hydrogens (tertiary/aromatic N) is 1. The summed E-state index contributed by atoms with van der Waals surface area (Å²) in [6.07, 6.45) is 1.64. The lowest BCUT2D eigenvalue weighted by Gasteiger charge is -2.17. The zero-order chi connectivity index (χ0) is 20.0. The number of aromatic amines is 1. The second-order valence-corrected chi connectivity index (χ2v) is 9.33. The summed E-state index contributed by atoms with van der Waals surface area (Å²) < 4.78 is 0. The lowest BCUT2D eigenvalue weighted by atomic mass is 9.96. The van der Waals surface area contributed by atoms with Crippen LogP contribution in [0.25, 0.3) is 0 Å². The molecule has 0 saturated carbocycles. The molecule has 2 aromatic rings. The number of Topliss-reactive ketones (excluding diaryl/α,β-unsaturated/α-hetero) is 1. The Bertz CT molecular complexity index is 866. The summed E-state index contributed by atoms with van der Waals surface area (Å²) >= 11 is 2.60. The van der Waals surface area contributed by atoms with Gasteiger partial charge in [0.1, 0.15) is 0 Å². The number of rotatable bonds is 8. The standard InChI is InChI=1S/C19H25N3O3S2/c1-5-6-12-9-16(24)22-18(21-12)26-11-14(23)15-8-7-13(27-15)10-20-17(25)19(2,3)4/h7-9H,5-6,10-11H2,1-4H3,(H,20,25)(H,21,22,24). The fraction of sp³-hybridized carbons (Fsp3) is 0.474. The molecule has 0 unspecified atom stereocenters. The molecule has 6 nitrogen and oxygen atoms in total. The second kappa shape index (κ2) is 9.32. The molecular weight excluding hydrogens is 382 g/mol. The van der Waals surface area contributed by atoms with Gasteiger partial charge in [-0.1, -0.05) is 45.9 Å². The molecule has 0 spiro atoms. The number of carbonyl (C=O) groups is 2. The van der Waals surface area contributed by atoms with E-state index in [-0.39, 0.29) is 23.0 Å². The number of ketones is 1. The molecular formula is C19H25N3O3S2. The molecule has 2 heterocycles. The number of thioether (sulfide) groups is 1. The number of aryl methyl sites for hydroxylation is 1. The van der Waals surface area contributed by atoms with Gasteiger partial charge >= 0.3 is 0 Å². The number of nitrogens with one attached hydrogen (secondary N) is 2. The van der Waals surface area contributed by atoms with Crippen LogP contribution in [0.2, 0.25) is 0 Å². The normalized spacial score (nSPS) is 11.4. The fourth-order valence-electron chi connectivity index (χ4n) is 2.20. The van der Waals surface area contributed by atoms with Crippen molar-refractivity contribution in [2.75, 3.05) is 5.75 Å². The summed E-state index contributed by atoms with van der Waals surface area (Å²) in [6.45, 7) is 8.01. The quantitative estimate of drug-likeness (QED) is 0.397. The number of thiophene rings is 1. The van der Waals surface area contributed by atoms with Gasteiger partial charge in [0.05, 0.1) is 17.2 Å². The summed E-state index contributed by atoms with van der Waals surface area (Å²) in [7, 11) is 0. The number of aromatic nitrogens is 2. The Labute approximate surface area is 167 Å². The van der Waals surface area contributed by atoms with Crippen molar-refractivity contribution in [1.29, 1.82) is 0 Å². The van der Waals surface area contributed by atoms with Crippen LogP contribution in [0.3, 0.4) is 0 Å². The van der Waals surface area contributed by atoms with Gasteiger partial charge in [0, 0.05) is 22.1 Å². The number of amides is 1. The van der Waals surface area contributed by atoms with Gasteiger partial charge in [0.15, 0.2) is 10.9 Å². The smallest absolute Gasteiger partial charge is 0.251 e. The summed E-state index contributed by atoms with van der Waals surface area (Å²) in [5.74, 6) is 0.149. The first-order valence-electron chi connectivity index (χ1n) is 8.82. The third-order valence-electron chi connectivity index (χ3n) is 3.66. The molecule has 0 fully saturated rings. The van der Waals surface area contributed by atoms with Crippen molar-refractivity contribution in [1.82, 2.24) is 15.3 Å². The Balaban J connectivity index is 1.93. The van der Waals surface area contributed by atoms with Gasteiger partial charge < -0.3 is 10.3 Å². The van der Waals surface area contributed by atoms with Gasteiger partial charge in [-0.3, -0.25) is 14.4 Å². The Kier molecular flexibility index (Phi) is 7.38. The van der Waals surface area contributed by atoms with Crippen LogP contribution >= 0.6 is 23.1 Å². The Morgan fingerprint density at radius 2 is 2.04 bits per heavy atom. The molecule has 0 saturated heterocycles. The minimum Gasteiger partial charge on any atom is -0.351 e. The SMILES string of the molecule is CCCc1cc(=O)[nH]c(SCC(=O)c2ccc(CNC(=O)C(C)(C)C)s2)n1. The van der Waals surface area contributed by atoms with Crippen molar-refractivity contribution >= 4 is 34.8 Å². The van der Waals surface area contributed by atoms with Crippen molar-refractivity contribution in [2.24, 2.45) is 5.41 Å². The number of hydrogen-bond donors (Lipinski definition) is 2. The molecule has 8 heteroatoms. The summed E-state index contributed by atoms with van der Waals surface area (Å²) in [4.78, 5) is 44.6. The highest BCUT2D eigenvalue weighted by Crippen LogP contribution is 2.21. The predicted octanol–water partition coefficient (Wildman–Crippen LogP) is 3.42. The largest absolute Gasteiger partial charge is 0.351 e. The van der Waals surface area contributed by atoms with Crippen molar-refractivity contribution in [3.05, 3.63) is 44.0 Å². The third kappa shape index (κ3) is 6.62. The number of carbonyl (C=O) groups excluding carboxylic acids is 2. The molecule has 0 bridgehead atoms. The van der Waals surface area contributed by atoms with Crippen LogP contribution < -0.4 is 10.9 Å². The highest BCUT2D eigenvalue weighted by atomic mass is 32.2. The minimum absolute atomic E-state index is 0.0260. The van der Waals surface area contributed by atoms with E-state index in [2.05, 4.69) is 15.3 Å². The maximum atomic E-state index is 12.4. The first kappa shape index (κ1) is 21.4. The van der Waals surface area contributed by atoms with E-state index in [1.807, 2.05) is 33.8 Å². The van der Waals surface area contributed by atoms with E-state index < -0.39 is 5.41 Å². The van der Waals surface area contributed by atoms with Crippen LogP contribution in [0.5, 0.6) is 0 Å². The molecule has 2 aromatic heterocycles. The maximum absolute atomic E-state index is 12.4. The monoisotopic (exact) mass is 407 g/mol. The van der Waals surface area contributed by atoms with Crippen molar-refractivity contribution in [3.63, 3.8) is 0 Å². The molecule has 0 aliphatic rings. The van der Waals surface area contributed by atoms with Gasteiger partial charge in [-0.15, -0.1) is 11.3 Å². The summed E-state index contributed by atoms with van der Waals surface area (Å²) in [5.41, 5.74) is 0.101. The fourth-order valence-corrected chi connectivity index (χ4v) is 3.95. The first-order valence-corrected chi connectivity index (χ1v) is 10.6. The minimum atomic E-state index is -0.442. The van der Waals surface area contributed by atoms with E-state index in [0.717, 1.165) is 23.4 Å². The lowest BCUT2D eigenvalue weighted by Crippen LogP contribution is -2.34. The van der Waals surface area contributed by atoms with Gasteiger partial charge in [0.25, 0.3) is 5.56 Å². The van der Waals surface area contributed by atoms with Crippen molar-refractivity contribution in [2.45, 2.75) is 52.2 Å². The van der Waals surface area contributed by atoms with Crippen LogP contribution in [0.4, 0.5) is 0 Å². The molecule has 2 N–H and O–H groups in total. The molecule has 0 radical (unpaired) electrons. The van der Waals surface area contributed by atoms with E-state index in [4.69, 9.17) is 0 Å². The highest BCUT2D eigenvalue weighted by Gasteiger charge is 2.21. The topological polar surface area (TPSA) is 91.9 Å². The Morgan fingerprint density at radius 1 is 1.30 bits per heavy atom. The molecule has 0 aliphatic carbocycles.